The van der Waals surface area contributed by atoms with Gasteiger partial charge in [0.05, 0.1) is 5.56 Å². The summed E-state index contributed by atoms with van der Waals surface area (Å²) in [4.78, 5) is 11.9. The third kappa shape index (κ3) is 2.52. The van der Waals surface area contributed by atoms with E-state index in [4.69, 9.17) is 5.26 Å². The highest BCUT2D eigenvalue weighted by Gasteiger charge is 2.09. The lowest BCUT2D eigenvalue weighted by atomic mass is 10.1. The number of rotatable bonds is 2. The van der Waals surface area contributed by atoms with Crippen molar-refractivity contribution in [3.63, 3.8) is 0 Å². The Morgan fingerprint density at radius 2 is 2.00 bits per heavy atom. The summed E-state index contributed by atoms with van der Waals surface area (Å²) in [5, 5.41) is 13.9. The molecule has 2 rings (SSSR count). The van der Waals surface area contributed by atoms with Crippen LogP contribution in [0.4, 0.5) is 5.00 Å². The summed E-state index contributed by atoms with van der Waals surface area (Å²) in [7, 11) is 0. The molecule has 4 heteroatoms. The highest BCUT2D eigenvalue weighted by molar-refractivity contribution is 7.14. The third-order valence-corrected chi connectivity index (χ3v) is 3.16. The largest absolute Gasteiger partial charge is 0.312 e. The first-order valence-electron chi connectivity index (χ1n) is 5.06. The number of nitrogens with zero attached hydrogens (tertiary/aromatic N) is 1. The monoisotopic (exact) mass is 242 g/mol. The minimum atomic E-state index is -0.191. The minimum absolute atomic E-state index is 0.191. The molecule has 1 amide bonds. The van der Waals surface area contributed by atoms with E-state index in [9.17, 15) is 4.79 Å². The number of carbonyl (C=O) groups is 1. The van der Waals surface area contributed by atoms with Gasteiger partial charge in [-0.05, 0) is 30.5 Å². The number of hydrogen-bond donors (Lipinski definition) is 1. The molecule has 1 aromatic carbocycles. The van der Waals surface area contributed by atoms with E-state index in [2.05, 4.69) is 5.32 Å². The van der Waals surface area contributed by atoms with Crippen molar-refractivity contribution in [2.45, 2.75) is 6.92 Å². The van der Waals surface area contributed by atoms with E-state index in [0.717, 1.165) is 5.56 Å². The van der Waals surface area contributed by atoms with Crippen LogP contribution in [0.3, 0.4) is 0 Å². The van der Waals surface area contributed by atoms with Gasteiger partial charge in [0.15, 0.2) is 0 Å². The predicted molar refractivity (Wildman–Crippen MR) is 68.2 cm³/mol. The highest BCUT2D eigenvalue weighted by atomic mass is 32.1. The summed E-state index contributed by atoms with van der Waals surface area (Å²) in [6.07, 6.45) is 0. The molecule has 1 N–H and O–H groups in total. The molecule has 84 valence electrons. The molecule has 0 aliphatic carbocycles. The molecule has 2 aromatic rings. The molecule has 0 spiro atoms. The number of nitriles is 1. The van der Waals surface area contributed by atoms with E-state index >= 15 is 0 Å². The summed E-state index contributed by atoms with van der Waals surface area (Å²) >= 11 is 1.35. The van der Waals surface area contributed by atoms with E-state index < -0.39 is 0 Å². The van der Waals surface area contributed by atoms with Gasteiger partial charge in [0.1, 0.15) is 11.1 Å². The van der Waals surface area contributed by atoms with Gasteiger partial charge in [-0.15, -0.1) is 11.3 Å². The van der Waals surface area contributed by atoms with Crippen LogP contribution in [-0.2, 0) is 0 Å². The smallest absolute Gasteiger partial charge is 0.256 e. The fraction of sp³-hybridized carbons (Fsp3) is 0.0769. The first-order chi connectivity index (χ1) is 8.20. The maximum Gasteiger partial charge on any atom is 0.256 e. The summed E-state index contributed by atoms with van der Waals surface area (Å²) in [6, 6.07) is 11.0. The molecule has 0 aliphatic rings. The molecule has 1 heterocycles. The second kappa shape index (κ2) is 4.81. The molecule has 0 saturated carbocycles. The summed E-state index contributed by atoms with van der Waals surface area (Å²) in [5.74, 6) is -0.191. The third-order valence-electron chi connectivity index (χ3n) is 2.33. The van der Waals surface area contributed by atoms with Gasteiger partial charge in [0, 0.05) is 5.56 Å². The van der Waals surface area contributed by atoms with Gasteiger partial charge >= 0.3 is 0 Å². The fourth-order valence-corrected chi connectivity index (χ4v) is 2.11. The van der Waals surface area contributed by atoms with Gasteiger partial charge in [-0.25, -0.2) is 0 Å². The second-order valence-corrected chi connectivity index (χ2v) is 4.51. The van der Waals surface area contributed by atoms with Crippen LogP contribution in [0, 0.1) is 18.3 Å². The lowest BCUT2D eigenvalue weighted by molar-refractivity contribution is 0.102. The molecule has 1 aromatic heterocycles. The second-order valence-electron chi connectivity index (χ2n) is 3.60. The maximum atomic E-state index is 11.9. The molecule has 0 atom stereocenters. The van der Waals surface area contributed by atoms with Crippen LogP contribution in [0.5, 0.6) is 0 Å². The van der Waals surface area contributed by atoms with Crippen LogP contribution < -0.4 is 5.32 Å². The van der Waals surface area contributed by atoms with E-state index in [1.54, 1.807) is 23.6 Å². The number of aryl methyl sites for hydroxylation is 1. The van der Waals surface area contributed by atoms with Crippen LogP contribution >= 0.6 is 11.3 Å². The summed E-state index contributed by atoms with van der Waals surface area (Å²) < 4.78 is 0. The zero-order valence-electron chi connectivity index (χ0n) is 9.23. The van der Waals surface area contributed by atoms with Crippen LogP contribution in [0.1, 0.15) is 21.5 Å². The number of amides is 1. The maximum absolute atomic E-state index is 11.9. The fourth-order valence-electron chi connectivity index (χ4n) is 1.37. The summed E-state index contributed by atoms with van der Waals surface area (Å²) in [6.45, 7) is 1.97. The average molecular weight is 242 g/mol. The molecule has 17 heavy (non-hydrogen) atoms. The van der Waals surface area contributed by atoms with Gasteiger partial charge in [-0.2, -0.15) is 5.26 Å². The van der Waals surface area contributed by atoms with Crippen molar-refractivity contribution in [2.24, 2.45) is 0 Å². The topological polar surface area (TPSA) is 52.9 Å². The number of thiophene rings is 1. The lowest BCUT2D eigenvalue weighted by Gasteiger charge is -2.03. The van der Waals surface area contributed by atoms with Gasteiger partial charge in [0.25, 0.3) is 5.91 Å². The highest BCUT2D eigenvalue weighted by Crippen LogP contribution is 2.22. The quantitative estimate of drug-likeness (QED) is 0.879. The van der Waals surface area contributed by atoms with Crippen LogP contribution in [-0.4, -0.2) is 5.91 Å². The first-order valence-corrected chi connectivity index (χ1v) is 5.94. The van der Waals surface area contributed by atoms with Crippen LogP contribution in [0.25, 0.3) is 0 Å². The van der Waals surface area contributed by atoms with E-state index in [1.807, 2.05) is 25.1 Å². The first kappa shape index (κ1) is 11.4. The zero-order valence-corrected chi connectivity index (χ0v) is 10.0. The van der Waals surface area contributed by atoms with E-state index in [1.165, 1.54) is 11.3 Å². The Kier molecular flexibility index (Phi) is 3.22. The molecular formula is C13H10N2OS. The Bertz CT molecular complexity index is 578. The van der Waals surface area contributed by atoms with Crippen molar-refractivity contribution in [3.05, 3.63) is 52.4 Å². The van der Waals surface area contributed by atoms with Crippen LogP contribution in [0.15, 0.2) is 35.7 Å². The zero-order chi connectivity index (χ0) is 12.3. The van der Waals surface area contributed by atoms with E-state index in [-0.39, 0.29) is 5.91 Å². The molecule has 0 bridgehead atoms. The average Bonchev–Trinajstić information content (AvgIpc) is 2.77. The molecule has 0 unspecified atom stereocenters. The summed E-state index contributed by atoms with van der Waals surface area (Å²) in [5.41, 5.74) is 2.19. The van der Waals surface area contributed by atoms with Crippen molar-refractivity contribution >= 4 is 22.2 Å². The SMILES string of the molecule is Cc1ccc(C(=O)Nc2sccc2C#N)cc1. The van der Waals surface area contributed by atoms with Gasteiger partial charge < -0.3 is 5.32 Å². The van der Waals surface area contributed by atoms with Gasteiger partial charge in [-0.3, -0.25) is 4.79 Å². The number of anilines is 1. The standard InChI is InChI=1S/C13H10N2OS/c1-9-2-4-10(5-3-9)12(16)15-13-11(8-14)6-7-17-13/h2-7H,1H3,(H,15,16). The number of carbonyl (C=O) groups excluding carboxylic acids is 1. The minimum Gasteiger partial charge on any atom is -0.312 e. The molecule has 0 aliphatic heterocycles. The predicted octanol–water partition coefficient (Wildman–Crippen LogP) is 3.18. The molecule has 0 fully saturated rings. The van der Waals surface area contributed by atoms with Gasteiger partial charge in [0.2, 0.25) is 0 Å². The Labute approximate surface area is 103 Å². The van der Waals surface area contributed by atoms with Gasteiger partial charge in [-0.1, -0.05) is 17.7 Å². The van der Waals surface area contributed by atoms with Crippen molar-refractivity contribution in [1.29, 1.82) is 5.26 Å². The molecule has 0 saturated heterocycles. The van der Waals surface area contributed by atoms with Crippen molar-refractivity contribution in [2.75, 3.05) is 5.32 Å². The van der Waals surface area contributed by atoms with E-state index in [0.29, 0.717) is 16.1 Å². The van der Waals surface area contributed by atoms with Crippen molar-refractivity contribution in [1.82, 2.24) is 0 Å². The van der Waals surface area contributed by atoms with Crippen molar-refractivity contribution < 1.29 is 4.79 Å². The lowest BCUT2D eigenvalue weighted by Crippen LogP contribution is -2.11. The Morgan fingerprint density at radius 1 is 1.29 bits per heavy atom. The number of hydrogen-bond acceptors (Lipinski definition) is 3. The van der Waals surface area contributed by atoms with Crippen molar-refractivity contribution in [3.8, 4) is 6.07 Å². The Balaban J connectivity index is 2.18. The Hall–Kier alpha value is -2.12. The Morgan fingerprint density at radius 3 is 2.65 bits per heavy atom. The number of nitrogens with one attached hydrogen (secondary N) is 1. The number of benzene rings is 1. The normalized spacial score (nSPS) is 9.65. The molecular weight excluding hydrogens is 232 g/mol. The molecule has 0 radical (unpaired) electrons. The molecule has 3 nitrogen and oxygen atoms in total. The van der Waals surface area contributed by atoms with Crippen LogP contribution in [0.2, 0.25) is 0 Å².